The Kier molecular flexibility index (Phi) is 5.52. The van der Waals surface area contributed by atoms with Crippen LogP contribution in [0.1, 0.15) is 36.0 Å². The molecular formula is C20H20F5N3O2. The summed E-state index contributed by atoms with van der Waals surface area (Å²) in [5.74, 6) is -4.55. The summed E-state index contributed by atoms with van der Waals surface area (Å²) in [4.78, 5) is 18.4. The Morgan fingerprint density at radius 1 is 1.17 bits per heavy atom. The summed E-state index contributed by atoms with van der Waals surface area (Å²) in [6.45, 7) is -3.55. The SMILES string of the molecule is O=C(NC1CCC(N2CC(F)(F)C2)CC1)c1cnc2cc(OC(F)F)c(F)cc2c1. The number of alkyl halides is 4. The number of nitrogens with zero attached hydrogens (tertiary/aromatic N) is 2. The molecule has 1 amide bonds. The highest BCUT2D eigenvalue weighted by Crippen LogP contribution is 2.34. The highest BCUT2D eigenvalue weighted by atomic mass is 19.3. The molecule has 2 aromatic rings. The topological polar surface area (TPSA) is 54.5 Å². The second-order valence-corrected chi connectivity index (χ2v) is 7.82. The van der Waals surface area contributed by atoms with Crippen LogP contribution in [-0.2, 0) is 0 Å². The molecule has 0 radical (unpaired) electrons. The molecule has 5 nitrogen and oxygen atoms in total. The molecule has 2 fully saturated rings. The lowest BCUT2D eigenvalue weighted by Gasteiger charge is -2.46. The van der Waals surface area contributed by atoms with Gasteiger partial charge in [0.15, 0.2) is 11.6 Å². The zero-order chi connectivity index (χ0) is 21.5. The van der Waals surface area contributed by atoms with Crippen LogP contribution in [0.25, 0.3) is 10.9 Å². The van der Waals surface area contributed by atoms with Gasteiger partial charge in [0, 0.05) is 29.7 Å². The summed E-state index contributed by atoms with van der Waals surface area (Å²) in [5.41, 5.74) is 0.435. The fraction of sp³-hybridized carbons (Fsp3) is 0.500. The number of amides is 1. The van der Waals surface area contributed by atoms with Gasteiger partial charge < -0.3 is 10.1 Å². The van der Waals surface area contributed by atoms with Crippen molar-refractivity contribution in [2.45, 2.75) is 50.3 Å². The van der Waals surface area contributed by atoms with Crippen molar-refractivity contribution in [1.29, 1.82) is 0 Å². The minimum Gasteiger partial charge on any atom is -0.432 e. The lowest BCUT2D eigenvalue weighted by atomic mass is 9.88. The van der Waals surface area contributed by atoms with Gasteiger partial charge in [-0.05, 0) is 37.8 Å². The molecule has 1 aromatic heterocycles. The molecule has 1 N–H and O–H groups in total. The summed E-state index contributed by atoms with van der Waals surface area (Å²) in [6.07, 6.45) is 4.12. The molecule has 1 aliphatic heterocycles. The van der Waals surface area contributed by atoms with Gasteiger partial charge in [-0.1, -0.05) is 0 Å². The van der Waals surface area contributed by atoms with Gasteiger partial charge in [-0.3, -0.25) is 14.7 Å². The maximum Gasteiger partial charge on any atom is 0.387 e. The third kappa shape index (κ3) is 4.48. The summed E-state index contributed by atoms with van der Waals surface area (Å²) in [5, 5.41) is 3.18. The summed E-state index contributed by atoms with van der Waals surface area (Å²) in [6, 6.07) is 3.52. The molecule has 162 valence electrons. The maximum absolute atomic E-state index is 13.9. The van der Waals surface area contributed by atoms with Gasteiger partial charge in [0.25, 0.3) is 11.8 Å². The molecule has 2 heterocycles. The first-order valence-corrected chi connectivity index (χ1v) is 9.67. The van der Waals surface area contributed by atoms with Crippen molar-refractivity contribution < 1.29 is 31.5 Å². The van der Waals surface area contributed by atoms with Gasteiger partial charge in [-0.2, -0.15) is 8.78 Å². The molecule has 0 bridgehead atoms. The van der Waals surface area contributed by atoms with Gasteiger partial charge >= 0.3 is 6.61 Å². The van der Waals surface area contributed by atoms with E-state index in [0.717, 1.165) is 25.0 Å². The van der Waals surface area contributed by atoms with Gasteiger partial charge in [0.2, 0.25) is 0 Å². The van der Waals surface area contributed by atoms with Crippen LogP contribution < -0.4 is 10.1 Å². The number of carbonyl (C=O) groups excluding carboxylic acids is 1. The summed E-state index contributed by atoms with van der Waals surface area (Å²) < 4.78 is 68.7. The van der Waals surface area contributed by atoms with Gasteiger partial charge in [0.05, 0.1) is 24.2 Å². The van der Waals surface area contributed by atoms with E-state index in [1.54, 1.807) is 4.90 Å². The quantitative estimate of drug-likeness (QED) is 0.731. The minimum atomic E-state index is -3.16. The standard InChI is InChI=1S/C20H20F5N3O2/c21-15-6-11-5-12(8-26-16(11)7-17(15)30-19(22)23)18(29)27-13-1-3-14(4-2-13)28-9-20(24,25)10-28/h5-8,13-14,19H,1-4,9-10H2,(H,27,29). The number of rotatable bonds is 5. The molecular weight excluding hydrogens is 409 g/mol. The third-order valence-electron chi connectivity index (χ3n) is 5.63. The smallest absolute Gasteiger partial charge is 0.387 e. The van der Waals surface area contributed by atoms with Crippen LogP contribution in [0.4, 0.5) is 22.0 Å². The average molecular weight is 429 g/mol. The van der Waals surface area contributed by atoms with Crippen molar-refractivity contribution in [2.75, 3.05) is 13.1 Å². The number of hydrogen-bond acceptors (Lipinski definition) is 4. The number of likely N-dealkylation sites (tertiary alicyclic amines) is 1. The van der Waals surface area contributed by atoms with Crippen LogP contribution in [0, 0.1) is 5.82 Å². The Morgan fingerprint density at radius 3 is 2.50 bits per heavy atom. The summed E-state index contributed by atoms with van der Waals surface area (Å²) in [7, 11) is 0. The zero-order valence-corrected chi connectivity index (χ0v) is 15.9. The Hall–Kier alpha value is -2.49. The predicted octanol–water partition coefficient (Wildman–Crippen LogP) is 3.97. The Balaban J connectivity index is 1.36. The molecule has 1 saturated heterocycles. The molecule has 4 rings (SSSR count). The first-order chi connectivity index (χ1) is 14.2. The number of carbonyl (C=O) groups is 1. The van der Waals surface area contributed by atoms with Crippen LogP contribution in [0.15, 0.2) is 24.4 Å². The number of pyridine rings is 1. The number of nitrogens with one attached hydrogen (secondary N) is 1. The maximum atomic E-state index is 13.9. The van der Waals surface area contributed by atoms with E-state index in [1.165, 1.54) is 12.3 Å². The molecule has 0 atom stereocenters. The molecule has 0 unspecified atom stereocenters. The number of benzene rings is 1. The van der Waals surface area contributed by atoms with Crippen LogP contribution in [0.3, 0.4) is 0 Å². The normalized spacial score (nSPS) is 23.9. The molecule has 1 saturated carbocycles. The predicted molar refractivity (Wildman–Crippen MR) is 98.4 cm³/mol. The Bertz CT molecular complexity index is 939. The first-order valence-electron chi connectivity index (χ1n) is 9.67. The minimum absolute atomic E-state index is 0.0789. The van der Waals surface area contributed by atoms with Crippen LogP contribution in [0.2, 0.25) is 0 Å². The molecule has 10 heteroatoms. The van der Waals surface area contributed by atoms with E-state index in [4.69, 9.17) is 0 Å². The van der Waals surface area contributed by atoms with E-state index in [2.05, 4.69) is 15.0 Å². The molecule has 2 aliphatic rings. The number of halogens is 5. The van der Waals surface area contributed by atoms with E-state index >= 15 is 0 Å². The van der Waals surface area contributed by atoms with Crippen molar-refractivity contribution >= 4 is 16.8 Å². The van der Waals surface area contributed by atoms with Crippen LogP contribution in [-0.4, -0.2) is 53.5 Å². The largest absolute Gasteiger partial charge is 0.432 e. The van der Waals surface area contributed by atoms with E-state index in [9.17, 15) is 26.7 Å². The van der Waals surface area contributed by atoms with Gasteiger partial charge in [0.1, 0.15) is 0 Å². The Morgan fingerprint density at radius 2 is 1.87 bits per heavy atom. The monoisotopic (exact) mass is 429 g/mol. The van der Waals surface area contributed by atoms with E-state index in [-0.39, 0.29) is 47.5 Å². The highest BCUT2D eigenvalue weighted by molar-refractivity contribution is 5.97. The lowest BCUT2D eigenvalue weighted by molar-refractivity contribution is -0.150. The van der Waals surface area contributed by atoms with E-state index < -0.39 is 24.1 Å². The first kappa shape index (κ1) is 20.8. The van der Waals surface area contributed by atoms with Gasteiger partial charge in [-0.15, -0.1) is 0 Å². The second-order valence-electron chi connectivity index (χ2n) is 7.82. The molecule has 30 heavy (non-hydrogen) atoms. The average Bonchev–Trinajstić information content (AvgIpc) is 2.66. The van der Waals surface area contributed by atoms with Crippen molar-refractivity contribution in [3.05, 3.63) is 35.8 Å². The Labute approximate surface area is 169 Å². The number of fused-ring (bicyclic) bond motifs is 1. The number of ether oxygens (including phenoxy) is 1. The van der Waals surface area contributed by atoms with Crippen LogP contribution in [0.5, 0.6) is 5.75 Å². The molecule has 1 aromatic carbocycles. The number of hydrogen-bond donors (Lipinski definition) is 1. The molecule has 1 aliphatic carbocycles. The number of aromatic nitrogens is 1. The third-order valence-corrected chi connectivity index (χ3v) is 5.63. The van der Waals surface area contributed by atoms with Crippen molar-refractivity contribution in [3.63, 3.8) is 0 Å². The van der Waals surface area contributed by atoms with E-state index in [0.29, 0.717) is 12.8 Å². The fourth-order valence-corrected chi connectivity index (χ4v) is 4.10. The lowest BCUT2D eigenvalue weighted by Crippen LogP contribution is -2.60. The zero-order valence-electron chi connectivity index (χ0n) is 15.9. The fourth-order valence-electron chi connectivity index (χ4n) is 4.10. The van der Waals surface area contributed by atoms with Crippen molar-refractivity contribution in [1.82, 2.24) is 15.2 Å². The van der Waals surface area contributed by atoms with Gasteiger partial charge in [-0.25, -0.2) is 13.2 Å². The second kappa shape index (κ2) is 7.98. The van der Waals surface area contributed by atoms with Crippen molar-refractivity contribution in [3.8, 4) is 5.75 Å². The van der Waals surface area contributed by atoms with Crippen LogP contribution >= 0.6 is 0 Å². The molecule has 0 spiro atoms. The highest BCUT2D eigenvalue weighted by Gasteiger charge is 2.47. The van der Waals surface area contributed by atoms with Crippen molar-refractivity contribution in [2.24, 2.45) is 0 Å². The summed E-state index contributed by atoms with van der Waals surface area (Å²) >= 11 is 0. The van der Waals surface area contributed by atoms with E-state index in [1.807, 2.05) is 0 Å².